The molecule has 1 aromatic rings. The van der Waals surface area contributed by atoms with E-state index in [1.165, 1.54) is 0 Å². The molecule has 0 aliphatic heterocycles. The monoisotopic (exact) mass is 334 g/mol. The van der Waals surface area contributed by atoms with Gasteiger partial charge in [0, 0.05) is 10.0 Å². The minimum Gasteiger partial charge on any atom is -0.313 e. The molecule has 6 heteroatoms. The normalized spacial score (nSPS) is 10.9. The van der Waals surface area contributed by atoms with Crippen LogP contribution in [-0.2, 0) is 13.6 Å². The maximum Gasteiger partial charge on any atom is 0.333 e. The maximum atomic E-state index is 11.9. The lowest BCUT2D eigenvalue weighted by Crippen LogP contribution is -2.08. The summed E-state index contributed by atoms with van der Waals surface area (Å²) in [6.45, 7) is 4.66. The largest absolute Gasteiger partial charge is 0.333 e. The third-order valence-corrected chi connectivity index (χ3v) is 3.69. The summed E-state index contributed by atoms with van der Waals surface area (Å²) in [6.07, 6.45) is 0. The van der Waals surface area contributed by atoms with E-state index in [9.17, 15) is 4.79 Å². The number of hydrogen-bond acceptors (Lipinski definition) is 4. The summed E-state index contributed by atoms with van der Waals surface area (Å²) < 4.78 is 16.7. The van der Waals surface area contributed by atoms with E-state index in [1.807, 2.05) is 26.0 Å². The third-order valence-electron chi connectivity index (χ3n) is 1.92. The second kappa shape index (κ2) is 8.73. The molecule has 0 atom stereocenters. The Balaban J connectivity index is 2.49. The fourth-order valence-electron chi connectivity index (χ4n) is 1.18. The van der Waals surface area contributed by atoms with Gasteiger partial charge in [0.2, 0.25) is 0 Å². The van der Waals surface area contributed by atoms with E-state index in [-0.39, 0.29) is 12.4 Å². The van der Waals surface area contributed by atoms with Crippen LogP contribution in [0.3, 0.4) is 0 Å². The van der Waals surface area contributed by atoms with Crippen LogP contribution in [0.1, 0.15) is 24.2 Å². The topological polar surface area (TPSA) is 44.8 Å². The van der Waals surface area contributed by atoms with Gasteiger partial charge in [-0.3, -0.25) is 4.79 Å². The lowest BCUT2D eigenvalue weighted by molar-refractivity contribution is 0.0882. The molecule has 0 N–H and O–H groups in total. The summed E-state index contributed by atoms with van der Waals surface area (Å²) in [4.78, 5) is 11.9. The summed E-state index contributed by atoms with van der Waals surface area (Å²) in [5.41, 5.74) is 0.604. The van der Waals surface area contributed by atoms with E-state index in [4.69, 9.17) is 13.6 Å². The molecule has 4 nitrogen and oxygen atoms in total. The summed E-state index contributed by atoms with van der Waals surface area (Å²) in [5.74, 6) is -0.0943. The van der Waals surface area contributed by atoms with E-state index < -0.39 is 8.60 Å². The highest BCUT2D eigenvalue weighted by molar-refractivity contribution is 9.10. The maximum absolute atomic E-state index is 11.9. The molecule has 0 amide bonds. The van der Waals surface area contributed by atoms with E-state index >= 15 is 0 Å². The molecule has 0 fully saturated rings. The number of halogens is 1. The number of ketones is 1. The summed E-state index contributed by atoms with van der Waals surface area (Å²) >= 11 is 3.32. The third kappa shape index (κ3) is 5.55. The van der Waals surface area contributed by atoms with Crippen LogP contribution in [0.5, 0.6) is 0 Å². The molecule has 0 aliphatic rings. The second-order valence-electron chi connectivity index (χ2n) is 3.27. The van der Waals surface area contributed by atoms with Crippen LogP contribution in [0.15, 0.2) is 28.7 Å². The molecule has 1 rings (SSSR count). The number of carbonyl (C=O) groups excluding carboxylic acids is 1. The van der Waals surface area contributed by atoms with Crippen LogP contribution in [0, 0.1) is 0 Å². The van der Waals surface area contributed by atoms with Crippen molar-refractivity contribution in [1.82, 2.24) is 0 Å². The molecule has 0 aliphatic carbocycles. The SMILES string of the molecule is CCOP(OCC)OCC(=O)c1cccc(Br)c1. The minimum absolute atomic E-state index is 0.0395. The quantitative estimate of drug-likeness (QED) is 0.533. The molecular weight excluding hydrogens is 319 g/mol. The Morgan fingerprint density at radius 2 is 1.89 bits per heavy atom. The van der Waals surface area contributed by atoms with Gasteiger partial charge in [0.15, 0.2) is 5.78 Å². The first-order valence-corrected chi connectivity index (χ1v) is 7.53. The molecule has 1 aromatic carbocycles. The lowest BCUT2D eigenvalue weighted by Gasteiger charge is -2.14. The Labute approximate surface area is 117 Å². The van der Waals surface area contributed by atoms with Crippen LogP contribution < -0.4 is 0 Å². The Hall–Kier alpha value is -0.320. The minimum atomic E-state index is -1.42. The van der Waals surface area contributed by atoms with Gasteiger partial charge in [-0.25, -0.2) is 0 Å². The van der Waals surface area contributed by atoms with Crippen molar-refractivity contribution in [2.75, 3.05) is 19.8 Å². The van der Waals surface area contributed by atoms with Crippen molar-refractivity contribution < 1.29 is 18.4 Å². The number of rotatable bonds is 8. The van der Waals surface area contributed by atoms with Gasteiger partial charge in [-0.2, -0.15) is 0 Å². The van der Waals surface area contributed by atoms with Gasteiger partial charge in [0.05, 0.1) is 13.2 Å². The van der Waals surface area contributed by atoms with Gasteiger partial charge in [0.25, 0.3) is 0 Å². The molecule has 0 heterocycles. The number of benzene rings is 1. The van der Waals surface area contributed by atoms with Gasteiger partial charge >= 0.3 is 8.60 Å². The molecule has 18 heavy (non-hydrogen) atoms. The predicted molar refractivity (Wildman–Crippen MR) is 74.6 cm³/mol. The zero-order valence-electron chi connectivity index (χ0n) is 10.4. The molecule has 0 bridgehead atoms. The zero-order valence-corrected chi connectivity index (χ0v) is 12.9. The Kier molecular flexibility index (Phi) is 7.63. The molecule has 0 aromatic heterocycles. The van der Waals surface area contributed by atoms with E-state index in [0.29, 0.717) is 18.8 Å². The van der Waals surface area contributed by atoms with Crippen molar-refractivity contribution >= 4 is 30.3 Å². The molecule has 0 saturated heterocycles. The van der Waals surface area contributed by atoms with Crippen molar-refractivity contribution in [2.24, 2.45) is 0 Å². The van der Waals surface area contributed by atoms with Gasteiger partial charge < -0.3 is 13.6 Å². The zero-order chi connectivity index (χ0) is 13.4. The average molecular weight is 335 g/mol. The fourth-order valence-corrected chi connectivity index (χ4v) is 2.45. The van der Waals surface area contributed by atoms with Gasteiger partial charge in [-0.15, -0.1) is 0 Å². The predicted octanol–water partition coefficient (Wildman–Crippen LogP) is 3.95. The van der Waals surface area contributed by atoms with E-state index in [1.54, 1.807) is 12.1 Å². The van der Waals surface area contributed by atoms with Crippen molar-refractivity contribution in [2.45, 2.75) is 13.8 Å². The smallest absolute Gasteiger partial charge is 0.313 e. The Bertz CT molecular complexity index is 380. The Morgan fingerprint density at radius 1 is 1.22 bits per heavy atom. The first kappa shape index (κ1) is 15.7. The summed E-state index contributed by atoms with van der Waals surface area (Å²) in [7, 11) is -1.42. The number of hydrogen-bond donors (Lipinski definition) is 0. The van der Waals surface area contributed by atoms with Crippen LogP contribution in [0.4, 0.5) is 0 Å². The molecule has 100 valence electrons. The lowest BCUT2D eigenvalue weighted by atomic mass is 10.1. The van der Waals surface area contributed by atoms with Gasteiger partial charge in [0.1, 0.15) is 6.61 Å². The second-order valence-corrected chi connectivity index (χ2v) is 5.40. The molecule has 0 unspecified atom stereocenters. The van der Waals surface area contributed by atoms with E-state index in [0.717, 1.165) is 4.47 Å². The summed E-state index contributed by atoms with van der Waals surface area (Å²) in [6, 6.07) is 7.19. The highest BCUT2D eigenvalue weighted by atomic mass is 79.9. The van der Waals surface area contributed by atoms with Crippen molar-refractivity contribution in [3.63, 3.8) is 0 Å². The van der Waals surface area contributed by atoms with Crippen LogP contribution >= 0.6 is 24.5 Å². The average Bonchev–Trinajstić information content (AvgIpc) is 2.36. The van der Waals surface area contributed by atoms with Crippen LogP contribution in [0.25, 0.3) is 0 Å². The van der Waals surface area contributed by atoms with Gasteiger partial charge in [-0.1, -0.05) is 28.1 Å². The highest BCUT2D eigenvalue weighted by Crippen LogP contribution is 2.39. The standard InChI is InChI=1S/C12H16BrO4P/c1-3-15-18(16-4-2)17-9-12(14)10-6-5-7-11(13)8-10/h5-8H,3-4,9H2,1-2H3. The molecule has 0 spiro atoms. The molecule has 0 radical (unpaired) electrons. The van der Waals surface area contributed by atoms with Crippen molar-refractivity contribution in [1.29, 1.82) is 0 Å². The highest BCUT2D eigenvalue weighted by Gasteiger charge is 2.14. The first-order valence-electron chi connectivity index (χ1n) is 5.65. The molecular formula is C12H16BrO4P. The number of carbonyl (C=O) groups is 1. The Morgan fingerprint density at radius 3 is 2.44 bits per heavy atom. The van der Waals surface area contributed by atoms with Crippen LogP contribution in [-0.4, -0.2) is 25.6 Å². The van der Waals surface area contributed by atoms with Crippen molar-refractivity contribution in [3.05, 3.63) is 34.3 Å². The van der Waals surface area contributed by atoms with E-state index in [2.05, 4.69) is 15.9 Å². The molecule has 0 saturated carbocycles. The first-order chi connectivity index (χ1) is 8.67. The van der Waals surface area contributed by atoms with Crippen LogP contribution in [0.2, 0.25) is 0 Å². The summed E-state index contributed by atoms with van der Waals surface area (Å²) in [5, 5.41) is 0. The van der Waals surface area contributed by atoms with Crippen molar-refractivity contribution in [3.8, 4) is 0 Å². The fraction of sp³-hybridized carbons (Fsp3) is 0.417. The van der Waals surface area contributed by atoms with Gasteiger partial charge in [-0.05, 0) is 26.0 Å². The number of Topliss-reactive ketones (excluding diaryl/α,β-unsaturated/α-hetero) is 1.